The van der Waals surface area contributed by atoms with Gasteiger partial charge in [0.05, 0.1) is 10.6 Å². The van der Waals surface area contributed by atoms with Gasteiger partial charge in [0.25, 0.3) is 0 Å². The van der Waals surface area contributed by atoms with Crippen LogP contribution in [0.3, 0.4) is 0 Å². The molecule has 35 heavy (non-hydrogen) atoms. The van der Waals surface area contributed by atoms with Crippen LogP contribution in [0, 0.1) is 24.7 Å². The first-order valence-corrected chi connectivity index (χ1v) is 14.0. The molecule has 5 nitrogen and oxygen atoms in total. The molecule has 3 aromatic rings. The molecule has 1 heterocycles. The summed E-state index contributed by atoms with van der Waals surface area (Å²) in [5.41, 5.74) is 4.25. The lowest BCUT2D eigenvalue weighted by molar-refractivity contribution is -0.776. The maximum absolute atomic E-state index is 10.3. The van der Waals surface area contributed by atoms with Crippen LogP contribution in [0.2, 0.25) is 0 Å². The molecule has 4 saturated carbocycles. The maximum Gasteiger partial charge on any atom is 0.171 e. The van der Waals surface area contributed by atoms with Crippen LogP contribution in [0.25, 0.3) is 0 Å². The van der Waals surface area contributed by atoms with Crippen molar-refractivity contribution in [3.05, 3.63) is 84.7 Å². The molecule has 0 N–H and O–H groups in total. The van der Waals surface area contributed by atoms with E-state index < -0.39 is 10.1 Å². The fraction of sp³-hybridized carbons (Fsp3) is 0.414. The molecule has 4 fully saturated rings. The summed E-state index contributed by atoms with van der Waals surface area (Å²) >= 11 is 0. The highest BCUT2D eigenvalue weighted by atomic mass is 32.2. The van der Waals surface area contributed by atoms with Crippen LogP contribution in [0.4, 0.5) is 11.4 Å². The van der Waals surface area contributed by atoms with Crippen molar-refractivity contribution in [2.75, 3.05) is 11.9 Å². The van der Waals surface area contributed by atoms with Crippen molar-refractivity contribution in [1.29, 1.82) is 0 Å². The predicted octanol–water partition coefficient (Wildman–Crippen LogP) is 5.57. The standard InChI is InChI=1S/C23H29N2.C6H6O3S/c1-17-3-5-21(6-4-17)24(2)22-7-9-25(10-8-22)23-14-18-11-19(15-23)13-20(12-18)16-23;7-10(8,9)6-4-2-1-3-5-6/h3-10,18-20H,11-16H2,1-2H3;1-5H,(H,7,8,9)/q+1;/p-1. The van der Waals surface area contributed by atoms with Crippen LogP contribution < -0.4 is 9.47 Å². The molecule has 0 radical (unpaired) electrons. The zero-order chi connectivity index (χ0) is 24.6. The molecule has 0 atom stereocenters. The van der Waals surface area contributed by atoms with Crippen molar-refractivity contribution >= 4 is 21.5 Å². The SMILES string of the molecule is Cc1ccc(N(C)c2cc[n+](C34CC5CC(CC(C5)C3)C4)cc2)cc1.O=S(=O)([O-])c1ccccc1. The van der Waals surface area contributed by atoms with E-state index in [2.05, 4.69) is 72.2 Å². The second kappa shape index (κ2) is 9.40. The van der Waals surface area contributed by atoms with Crippen molar-refractivity contribution in [2.45, 2.75) is 55.9 Å². The molecule has 4 aliphatic carbocycles. The van der Waals surface area contributed by atoms with Crippen LogP contribution in [-0.2, 0) is 15.7 Å². The molecule has 1 aromatic heterocycles. The molecule has 0 unspecified atom stereocenters. The number of anilines is 2. The lowest BCUT2D eigenvalue weighted by atomic mass is 9.53. The number of rotatable bonds is 4. The Kier molecular flexibility index (Phi) is 6.45. The molecular formula is C29H34N2O3S. The van der Waals surface area contributed by atoms with Gasteiger partial charge in [0.15, 0.2) is 17.9 Å². The van der Waals surface area contributed by atoms with Gasteiger partial charge in [-0.1, -0.05) is 35.9 Å². The minimum absolute atomic E-state index is 0.185. The van der Waals surface area contributed by atoms with E-state index in [1.165, 1.54) is 79.7 Å². The number of hydrogen-bond donors (Lipinski definition) is 0. The van der Waals surface area contributed by atoms with E-state index in [0.717, 1.165) is 17.8 Å². The smallest absolute Gasteiger partial charge is 0.171 e. The zero-order valence-electron chi connectivity index (χ0n) is 20.5. The van der Waals surface area contributed by atoms with Gasteiger partial charge < -0.3 is 9.45 Å². The van der Waals surface area contributed by atoms with Crippen molar-refractivity contribution in [3.63, 3.8) is 0 Å². The molecule has 0 spiro atoms. The number of aromatic nitrogens is 1. The van der Waals surface area contributed by atoms with Crippen molar-refractivity contribution in [3.8, 4) is 0 Å². The Morgan fingerprint density at radius 2 is 1.29 bits per heavy atom. The molecule has 0 aliphatic heterocycles. The first-order chi connectivity index (χ1) is 16.7. The third-order valence-electron chi connectivity index (χ3n) is 8.21. The molecule has 7 rings (SSSR count). The number of hydrogen-bond acceptors (Lipinski definition) is 4. The number of nitrogens with zero attached hydrogens (tertiary/aromatic N) is 2. The summed E-state index contributed by atoms with van der Waals surface area (Å²) in [5, 5.41) is 0. The summed E-state index contributed by atoms with van der Waals surface area (Å²) < 4.78 is 33.4. The van der Waals surface area contributed by atoms with Gasteiger partial charge in [-0.3, -0.25) is 0 Å². The van der Waals surface area contributed by atoms with Gasteiger partial charge in [-0.15, -0.1) is 0 Å². The van der Waals surface area contributed by atoms with Crippen LogP contribution in [0.1, 0.15) is 44.1 Å². The summed E-state index contributed by atoms with van der Waals surface area (Å²) in [6.07, 6.45) is 13.5. The highest BCUT2D eigenvalue weighted by molar-refractivity contribution is 7.85. The third-order valence-corrected chi connectivity index (χ3v) is 9.06. The van der Waals surface area contributed by atoms with E-state index >= 15 is 0 Å². The summed E-state index contributed by atoms with van der Waals surface area (Å²) in [6.45, 7) is 2.14. The highest BCUT2D eigenvalue weighted by Gasteiger charge is 2.56. The van der Waals surface area contributed by atoms with E-state index in [9.17, 15) is 13.0 Å². The average Bonchev–Trinajstić information content (AvgIpc) is 2.84. The predicted molar refractivity (Wildman–Crippen MR) is 136 cm³/mol. The first kappa shape index (κ1) is 24.0. The summed E-state index contributed by atoms with van der Waals surface area (Å²) in [6, 6.07) is 20.6. The Bertz CT molecular complexity index is 1220. The van der Waals surface area contributed by atoms with Crippen LogP contribution in [0.15, 0.2) is 84.0 Å². The minimum Gasteiger partial charge on any atom is -0.744 e. The fourth-order valence-electron chi connectivity index (χ4n) is 6.84. The summed E-state index contributed by atoms with van der Waals surface area (Å²) in [5.74, 6) is 2.98. The molecule has 4 aliphatic rings. The van der Waals surface area contributed by atoms with E-state index in [1.54, 1.807) is 6.07 Å². The average molecular weight is 491 g/mol. The number of aryl methyl sites for hydroxylation is 1. The van der Waals surface area contributed by atoms with Gasteiger partial charge in [0.2, 0.25) is 0 Å². The quantitative estimate of drug-likeness (QED) is 0.354. The maximum atomic E-state index is 10.3. The van der Waals surface area contributed by atoms with E-state index in [1.807, 2.05) is 0 Å². The molecule has 4 bridgehead atoms. The van der Waals surface area contributed by atoms with Crippen LogP contribution in [-0.4, -0.2) is 20.0 Å². The lowest BCUT2D eigenvalue weighted by Crippen LogP contribution is -2.64. The second-order valence-corrected chi connectivity index (χ2v) is 12.1. The Balaban J connectivity index is 0.000000214. The van der Waals surface area contributed by atoms with Crippen molar-refractivity contribution < 1.29 is 17.5 Å². The largest absolute Gasteiger partial charge is 0.744 e. The molecular weight excluding hydrogens is 456 g/mol. The van der Waals surface area contributed by atoms with E-state index in [-0.39, 0.29) is 4.90 Å². The van der Waals surface area contributed by atoms with Gasteiger partial charge >= 0.3 is 0 Å². The molecule has 184 valence electrons. The normalized spacial score (nSPS) is 26.7. The van der Waals surface area contributed by atoms with Crippen LogP contribution >= 0.6 is 0 Å². The summed E-state index contributed by atoms with van der Waals surface area (Å²) in [7, 11) is -2.09. The van der Waals surface area contributed by atoms with Crippen LogP contribution in [0.5, 0.6) is 0 Å². The first-order valence-electron chi connectivity index (χ1n) is 12.5. The van der Waals surface area contributed by atoms with Gasteiger partial charge in [-0.25, -0.2) is 8.42 Å². The number of pyridine rings is 1. The van der Waals surface area contributed by atoms with E-state index in [0.29, 0.717) is 5.54 Å². The Hall–Kier alpha value is -2.70. The lowest BCUT2D eigenvalue weighted by Gasteiger charge is -2.53. The van der Waals surface area contributed by atoms with Crippen molar-refractivity contribution in [2.24, 2.45) is 17.8 Å². The second-order valence-electron chi connectivity index (χ2n) is 10.8. The Morgan fingerprint density at radius 3 is 1.74 bits per heavy atom. The fourth-order valence-corrected chi connectivity index (χ4v) is 7.33. The molecule has 2 aromatic carbocycles. The van der Waals surface area contributed by atoms with Crippen molar-refractivity contribution in [1.82, 2.24) is 0 Å². The topological polar surface area (TPSA) is 64.3 Å². The zero-order valence-corrected chi connectivity index (χ0v) is 21.3. The van der Waals surface area contributed by atoms with Gasteiger partial charge in [0.1, 0.15) is 10.1 Å². The van der Waals surface area contributed by atoms with Gasteiger partial charge in [-0.2, -0.15) is 4.57 Å². The Labute approximate surface area is 209 Å². The van der Waals surface area contributed by atoms with Gasteiger partial charge in [0, 0.05) is 44.1 Å². The minimum atomic E-state index is -4.25. The monoisotopic (exact) mass is 490 g/mol. The molecule has 0 saturated heterocycles. The molecule has 0 amide bonds. The Morgan fingerprint density at radius 1 is 0.800 bits per heavy atom. The number of benzene rings is 2. The van der Waals surface area contributed by atoms with E-state index in [4.69, 9.17) is 0 Å². The van der Waals surface area contributed by atoms with Gasteiger partial charge in [-0.05, 0) is 68.2 Å². The molecule has 6 heteroatoms. The summed E-state index contributed by atoms with van der Waals surface area (Å²) in [4.78, 5) is 2.10. The highest BCUT2D eigenvalue weighted by Crippen LogP contribution is 2.56. The third kappa shape index (κ3) is 5.14.